The monoisotopic (exact) mass is 761 g/mol. The number of Topliss-reactive ketones (excluding diaryl/α,β-unsaturated/α-hetero) is 3. The number of halogens is 2. The van der Waals surface area contributed by atoms with Crippen LogP contribution in [0.25, 0.3) is 0 Å². The predicted molar refractivity (Wildman–Crippen MR) is 178 cm³/mol. The number of ether oxygens (including phenoxy) is 1. The summed E-state index contributed by atoms with van der Waals surface area (Å²) in [4.78, 5) is 72.1. The van der Waals surface area contributed by atoms with E-state index in [1.165, 1.54) is 24.3 Å². The van der Waals surface area contributed by atoms with E-state index in [0.717, 1.165) is 12.3 Å². The standard InChI is InChI=1S/C14H13ClO5S.C12H9ClN2O3.C3H8NO5P/c1-21(19,20)8-5-6-9(10(15)7-8)14(18)13-11(16)3-2-4-12(13)17;13-11-10(18-8-4-2-1-3-5-8)7-6-9(12(11)14)15(16)17;5-3(6)1-4-2-10(7,8)9/h5-7,13H,2-4H2,1H3;1-7H,14H2;4H,1-2H2,(H,5,6)(H2,7,8,9). The highest BCUT2D eigenvalue weighted by Crippen LogP contribution is 2.39. The number of nitrogen functional groups attached to an aromatic ring is 1. The van der Waals surface area contributed by atoms with E-state index in [2.05, 4.69) is 5.32 Å². The number of carbonyl (C=O) groups excluding carboxylic acids is 3. The van der Waals surface area contributed by atoms with Gasteiger partial charge in [0, 0.05) is 30.7 Å². The number of carboxylic acid groups (broad SMARTS) is 1. The van der Waals surface area contributed by atoms with Crippen molar-refractivity contribution < 1.29 is 56.7 Å². The van der Waals surface area contributed by atoms with Gasteiger partial charge in [-0.05, 0) is 42.8 Å². The summed E-state index contributed by atoms with van der Waals surface area (Å²) in [6, 6.07) is 15.3. The number of hydrogen-bond acceptors (Lipinski definition) is 12. The lowest BCUT2D eigenvalue weighted by atomic mass is 9.82. The number of carbonyl (C=O) groups is 4. The molecule has 1 fully saturated rings. The number of sulfone groups is 1. The van der Waals surface area contributed by atoms with Gasteiger partial charge in [-0.1, -0.05) is 41.4 Å². The minimum absolute atomic E-state index is 0.00216. The summed E-state index contributed by atoms with van der Waals surface area (Å²) in [5.74, 6) is -3.05. The summed E-state index contributed by atoms with van der Waals surface area (Å²) >= 11 is 11.9. The third kappa shape index (κ3) is 13.0. The zero-order chi connectivity index (χ0) is 37.1. The van der Waals surface area contributed by atoms with Gasteiger partial charge in [0.15, 0.2) is 27.2 Å². The van der Waals surface area contributed by atoms with Gasteiger partial charge in [-0.25, -0.2) is 8.42 Å². The molecule has 264 valence electrons. The normalized spacial score (nSPS) is 13.3. The Bertz CT molecular complexity index is 1870. The first-order valence-corrected chi connectivity index (χ1v) is 18.2. The third-order valence-electron chi connectivity index (χ3n) is 6.27. The second-order valence-corrected chi connectivity index (χ2v) is 14.6. The molecule has 0 unspecified atom stereocenters. The molecule has 0 spiro atoms. The molecule has 3 aromatic rings. The molecule has 0 aromatic heterocycles. The maximum atomic E-state index is 12.3. The van der Waals surface area contributed by atoms with Crippen LogP contribution in [0.15, 0.2) is 65.6 Å². The Kier molecular flexibility index (Phi) is 15.0. The van der Waals surface area contributed by atoms with Gasteiger partial charge < -0.3 is 25.4 Å². The number of aliphatic carboxylic acids is 1. The smallest absolute Gasteiger partial charge is 0.339 e. The van der Waals surface area contributed by atoms with E-state index in [1.54, 1.807) is 24.3 Å². The molecule has 0 atom stereocenters. The lowest BCUT2D eigenvalue weighted by Gasteiger charge is -2.18. The maximum absolute atomic E-state index is 12.3. The van der Waals surface area contributed by atoms with Crippen LogP contribution in [0.2, 0.25) is 10.0 Å². The van der Waals surface area contributed by atoms with Crippen LogP contribution < -0.4 is 15.8 Å². The number of anilines is 1. The van der Waals surface area contributed by atoms with E-state index in [1.807, 2.05) is 6.07 Å². The molecule has 0 saturated heterocycles. The molecule has 0 heterocycles. The van der Waals surface area contributed by atoms with E-state index in [4.69, 9.17) is 48.6 Å². The summed E-state index contributed by atoms with van der Waals surface area (Å²) in [5.41, 5.74) is 5.24. The number of rotatable bonds is 10. The topological polar surface area (TPSA) is 271 Å². The van der Waals surface area contributed by atoms with Gasteiger partial charge in [-0.2, -0.15) is 0 Å². The van der Waals surface area contributed by atoms with Gasteiger partial charge >= 0.3 is 13.6 Å². The molecule has 1 saturated carbocycles. The number of hydrogen-bond donors (Lipinski definition) is 5. The molecule has 49 heavy (non-hydrogen) atoms. The molecule has 16 nitrogen and oxygen atoms in total. The Morgan fingerprint density at radius 2 is 1.65 bits per heavy atom. The maximum Gasteiger partial charge on any atom is 0.339 e. The van der Waals surface area contributed by atoms with Crippen molar-refractivity contribution in [2.75, 3.05) is 24.8 Å². The highest BCUT2D eigenvalue weighted by Gasteiger charge is 2.37. The Balaban J connectivity index is 0.000000272. The quantitative estimate of drug-likeness (QED) is 0.0482. The van der Waals surface area contributed by atoms with Gasteiger partial charge in [0.25, 0.3) is 5.69 Å². The lowest BCUT2D eigenvalue weighted by Crippen LogP contribution is -2.35. The van der Waals surface area contributed by atoms with Crippen LogP contribution in [0.4, 0.5) is 11.4 Å². The van der Waals surface area contributed by atoms with Crippen molar-refractivity contribution in [3.05, 3.63) is 86.4 Å². The second kappa shape index (κ2) is 18.0. The van der Waals surface area contributed by atoms with Gasteiger partial charge in [-0.15, -0.1) is 0 Å². The number of para-hydroxylation sites is 1. The minimum Gasteiger partial charge on any atom is -0.480 e. The fourth-order valence-electron chi connectivity index (χ4n) is 4.00. The number of ketones is 3. The molecule has 0 radical (unpaired) electrons. The Labute approximate surface area is 289 Å². The van der Waals surface area contributed by atoms with E-state index >= 15 is 0 Å². The number of nitro benzene ring substituents is 1. The van der Waals surface area contributed by atoms with E-state index in [9.17, 15) is 42.3 Å². The summed E-state index contributed by atoms with van der Waals surface area (Å²) in [6.07, 6.45) is 1.28. The molecule has 20 heteroatoms. The van der Waals surface area contributed by atoms with Crippen molar-refractivity contribution in [3.63, 3.8) is 0 Å². The molecule has 0 aliphatic heterocycles. The van der Waals surface area contributed by atoms with Gasteiger partial charge in [-0.3, -0.25) is 39.2 Å². The van der Waals surface area contributed by atoms with Crippen LogP contribution in [-0.4, -0.2) is 70.6 Å². The molecule has 6 N–H and O–H groups in total. The zero-order valence-corrected chi connectivity index (χ0v) is 28.7. The van der Waals surface area contributed by atoms with Gasteiger partial charge in [0.2, 0.25) is 0 Å². The van der Waals surface area contributed by atoms with Crippen molar-refractivity contribution in [1.82, 2.24) is 5.32 Å². The van der Waals surface area contributed by atoms with Crippen molar-refractivity contribution >= 4 is 75.3 Å². The average molecular weight is 763 g/mol. The Morgan fingerprint density at radius 3 is 2.14 bits per heavy atom. The van der Waals surface area contributed by atoms with Crippen LogP contribution in [0.1, 0.15) is 29.6 Å². The van der Waals surface area contributed by atoms with Crippen LogP contribution in [0.5, 0.6) is 11.5 Å². The summed E-state index contributed by atoms with van der Waals surface area (Å²) in [5, 5.41) is 20.7. The van der Waals surface area contributed by atoms with E-state index < -0.39 is 64.4 Å². The highest BCUT2D eigenvalue weighted by molar-refractivity contribution is 7.90. The summed E-state index contributed by atoms with van der Waals surface area (Å²) in [7, 11) is -7.54. The molecule has 3 aromatic carbocycles. The molecule has 0 amide bonds. The van der Waals surface area contributed by atoms with Gasteiger partial charge in [0.05, 0.1) is 27.7 Å². The lowest BCUT2D eigenvalue weighted by molar-refractivity contribution is -0.383. The van der Waals surface area contributed by atoms with Crippen molar-refractivity contribution in [2.45, 2.75) is 24.2 Å². The average Bonchev–Trinajstić information content (AvgIpc) is 2.99. The summed E-state index contributed by atoms with van der Waals surface area (Å²) < 4.78 is 38.4. The number of benzene rings is 3. The fraction of sp³-hybridized carbons (Fsp3) is 0.241. The molecular formula is C29H30Cl2N3O13PS. The van der Waals surface area contributed by atoms with Crippen LogP contribution >= 0.6 is 30.8 Å². The third-order valence-corrected chi connectivity index (χ3v) is 8.72. The first-order valence-electron chi connectivity index (χ1n) is 13.7. The fourth-order valence-corrected chi connectivity index (χ4v) is 5.59. The molecule has 0 bridgehead atoms. The van der Waals surface area contributed by atoms with Crippen molar-refractivity contribution in [1.29, 1.82) is 0 Å². The first kappa shape index (κ1) is 41.0. The molecule has 4 rings (SSSR count). The molecule has 1 aliphatic rings. The second-order valence-electron chi connectivity index (χ2n) is 10.1. The SMILES string of the molecule is CS(=O)(=O)c1ccc(C(=O)C2C(=O)CCCC2=O)c(Cl)c1.Nc1c([N+](=O)[O-])ccc(Oc2ccccc2)c1Cl.O=C(O)CNCP(=O)(O)O. The highest BCUT2D eigenvalue weighted by atomic mass is 35.5. The molecule has 1 aliphatic carbocycles. The Hall–Kier alpha value is -4.22. The Morgan fingerprint density at radius 1 is 1.06 bits per heavy atom. The van der Waals surface area contributed by atoms with Gasteiger partial charge in [0.1, 0.15) is 28.1 Å². The van der Waals surface area contributed by atoms with Crippen molar-refractivity contribution in [3.8, 4) is 11.5 Å². The number of nitrogens with one attached hydrogen (secondary N) is 1. The van der Waals surface area contributed by atoms with E-state index in [0.29, 0.717) is 12.2 Å². The van der Waals surface area contributed by atoms with Crippen LogP contribution in [0.3, 0.4) is 0 Å². The molecular weight excluding hydrogens is 732 g/mol. The summed E-state index contributed by atoms with van der Waals surface area (Å²) in [6.45, 7) is -0.439. The van der Waals surface area contributed by atoms with E-state index in [-0.39, 0.29) is 50.5 Å². The van der Waals surface area contributed by atoms with Crippen LogP contribution in [0, 0.1) is 16.0 Å². The first-order chi connectivity index (χ1) is 22.7. The number of nitrogens with two attached hydrogens (primary N) is 1. The minimum atomic E-state index is -4.10. The van der Waals surface area contributed by atoms with Crippen molar-refractivity contribution in [2.24, 2.45) is 5.92 Å². The largest absolute Gasteiger partial charge is 0.480 e. The zero-order valence-electron chi connectivity index (χ0n) is 25.4. The number of nitrogens with zero attached hydrogens (tertiary/aromatic N) is 1. The van der Waals surface area contributed by atoms with Crippen LogP contribution in [-0.2, 0) is 28.8 Å². The number of carboxylic acids is 1. The number of nitro groups is 1. The predicted octanol–water partition coefficient (Wildman–Crippen LogP) is 4.28.